The summed E-state index contributed by atoms with van der Waals surface area (Å²) in [5.41, 5.74) is 1.39. The number of ketones is 2. The highest BCUT2D eigenvalue weighted by Gasteiger charge is 2.37. The number of allylic oxidation sites excluding steroid dienone is 4. The number of hydrogen-bond donors (Lipinski definition) is 2. The van der Waals surface area contributed by atoms with Gasteiger partial charge in [-0.25, -0.2) is 0 Å². The third kappa shape index (κ3) is 5.84. The van der Waals surface area contributed by atoms with Gasteiger partial charge in [-0.2, -0.15) is 0 Å². The number of carbonyl (C=O) groups is 2. The molecular weight excluding hydrogens is 304 g/mol. The SMILES string of the molecule is CC(C)=CC(=O)[C@@H](O)/C(C)=C/CC[C@](C)(O)[C@@H]1CCC(C)=CC1=O. The minimum absolute atomic E-state index is 0.0109. The maximum absolute atomic E-state index is 12.1. The first-order valence-corrected chi connectivity index (χ1v) is 8.51. The number of rotatable bonds is 7. The first-order chi connectivity index (χ1) is 11.0. The zero-order valence-corrected chi connectivity index (χ0v) is 15.4. The van der Waals surface area contributed by atoms with Gasteiger partial charge in [0.15, 0.2) is 11.6 Å². The molecule has 134 valence electrons. The normalized spacial score (nSPS) is 22.5. The van der Waals surface area contributed by atoms with Crippen LogP contribution in [0.1, 0.15) is 60.3 Å². The van der Waals surface area contributed by atoms with Crippen molar-refractivity contribution < 1.29 is 19.8 Å². The summed E-state index contributed by atoms with van der Waals surface area (Å²) in [6.45, 7) is 8.93. The number of hydrogen-bond acceptors (Lipinski definition) is 4. The van der Waals surface area contributed by atoms with Crippen molar-refractivity contribution in [1.29, 1.82) is 0 Å². The van der Waals surface area contributed by atoms with Crippen LogP contribution in [0, 0.1) is 5.92 Å². The van der Waals surface area contributed by atoms with Gasteiger partial charge in [0.05, 0.1) is 11.5 Å². The van der Waals surface area contributed by atoms with Crippen LogP contribution in [-0.4, -0.2) is 33.5 Å². The van der Waals surface area contributed by atoms with E-state index in [1.807, 2.05) is 6.92 Å². The van der Waals surface area contributed by atoms with Gasteiger partial charge in [0.25, 0.3) is 0 Å². The molecule has 0 heterocycles. The van der Waals surface area contributed by atoms with Crippen LogP contribution >= 0.6 is 0 Å². The maximum Gasteiger partial charge on any atom is 0.188 e. The van der Waals surface area contributed by atoms with E-state index in [0.29, 0.717) is 24.8 Å². The fourth-order valence-corrected chi connectivity index (χ4v) is 3.01. The summed E-state index contributed by atoms with van der Waals surface area (Å²) in [6, 6.07) is 0. The molecule has 0 aromatic carbocycles. The van der Waals surface area contributed by atoms with Crippen LogP contribution in [0.15, 0.2) is 34.9 Å². The molecule has 0 saturated carbocycles. The lowest BCUT2D eigenvalue weighted by Crippen LogP contribution is -2.40. The van der Waals surface area contributed by atoms with Crippen LogP contribution in [0.5, 0.6) is 0 Å². The molecule has 1 aliphatic carbocycles. The van der Waals surface area contributed by atoms with Gasteiger partial charge in [-0.15, -0.1) is 0 Å². The van der Waals surface area contributed by atoms with E-state index in [2.05, 4.69) is 0 Å². The van der Waals surface area contributed by atoms with Crippen LogP contribution in [0.25, 0.3) is 0 Å². The van der Waals surface area contributed by atoms with Crippen molar-refractivity contribution in [3.05, 3.63) is 34.9 Å². The van der Waals surface area contributed by atoms with E-state index in [1.54, 1.807) is 39.8 Å². The Hall–Kier alpha value is -1.52. The fraction of sp³-hybridized carbons (Fsp3) is 0.600. The molecule has 2 N–H and O–H groups in total. The Kier molecular flexibility index (Phi) is 7.30. The van der Waals surface area contributed by atoms with E-state index in [9.17, 15) is 19.8 Å². The molecule has 1 rings (SSSR count). The number of aliphatic hydroxyl groups excluding tert-OH is 1. The van der Waals surface area contributed by atoms with Gasteiger partial charge >= 0.3 is 0 Å². The van der Waals surface area contributed by atoms with Gasteiger partial charge in [0.2, 0.25) is 0 Å². The highest BCUT2D eigenvalue weighted by atomic mass is 16.3. The average Bonchev–Trinajstić information content (AvgIpc) is 2.44. The Morgan fingerprint density at radius 1 is 1.42 bits per heavy atom. The van der Waals surface area contributed by atoms with Crippen molar-refractivity contribution in [2.45, 2.75) is 72.0 Å². The van der Waals surface area contributed by atoms with Crippen molar-refractivity contribution in [3.8, 4) is 0 Å². The minimum atomic E-state index is -1.15. The molecule has 4 nitrogen and oxygen atoms in total. The molecule has 1 aliphatic rings. The van der Waals surface area contributed by atoms with Crippen LogP contribution in [0.3, 0.4) is 0 Å². The Labute approximate surface area is 145 Å². The van der Waals surface area contributed by atoms with Crippen LogP contribution in [0.2, 0.25) is 0 Å². The predicted octanol–water partition coefficient (Wildman–Crippen LogP) is 3.29. The summed E-state index contributed by atoms with van der Waals surface area (Å²) >= 11 is 0. The smallest absolute Gasteiger partial charge is 0.188 e. The van der Waals surface area contributed by atoms with Gasteiger partial charge < -0.3 is 10.2 Å². The zero-order chi connectivity index (χ0) is 18.5. The third-order valence-corrected chi connectivity index (χ3v) is 4.56. The summed E-state index contributed by atoms with van der Waals surface area (Å²) in [5, 5.41) is 20.7. The first-order valence-electron chi connectivity index (χ1n) is 8.51. The molecular formula is C20H30O4. The van der Waals surface area contributed by atoms with Crippen LogP contribution < -0.4 is 0 Å². The monoisotopic (exact) mass is 334 g/mol. The molecule has 0 fully saturated rings. The van der Waals surface area contributed by atoms with Gasteiger partial charge in [-0.3, -0.25) is 9.59 Å². The molecule has 0 radical (unpaired) electrons. The largest absolute Gasteiger partial charge is 0.389 e. The molecule has 0 unspecified atom stereocenters. The van der Waals surface area contributed by atoms with Crippen LogP contribution in [-0.2, 0) is 9.59 Å². The Bertz CT molecular complexity index is 574. The molecule has 24 heavy (non-hydrogen) atoms. The highest BCUT2D eigenvalue weighted by Crippen LogP contribution is 2.32. The van der Waals surface area contributed by atoms with Gasteiger partial charge in [-0.1, -0.05) is 17.2 Å². The standard InChI is InChI=1S/C20H30O4/c1-13(2)11-18(22)19(23)15(4)7-6-10-20(5,24)16-9-8-14(3)12-17(16)21/h7,11-12,16,19,23-24H,6,8-10H2,1-5H3/b15-7+/t16-,19+,20+/m1/s1. The van der Waals surface area contributed by atoms with Crippen molar-refractivity contribution in [1.82, 2.24) is 0 Å². The molecule has 0 amide bonds. The summed E-state index contributed by atoms with van der Waals surface area (Å²) < 4.78 is 0. The second-order valence-electron chi connectivity index (χ2n) is 7.35. The van der Waals surface area contributed by atoms with Gasteiger partial charge in [0.1, 0.15) is 6.10 Å². The molecule has 0 aromatic heterocycles. The lowest BCUT2D eigenvalue weighted by Gasteiger charge is -2.33. The topological polar surface area (TPSA) is 74.6 Å². The third-order valence-electron chi connectivity index (χ3n) is 4.56. The summed E-state index contributed by atoms with van der Waals surface area (Å²) in [5.74, 6) is -0.728. The summed E-state index contributed by atoms with van der Waals surface area (Å²) in [6.07, 6.45) is 6.09. The molecule has 3 atom stereocenters. The van der Waals surface area contributed by atoms with Crippen molar-refractivity contribution in [2.24, 2.45) is 5.92 Å². The van der Waals surface area contributed by atoms with E-state index in [-0.39, 0.29) is 17.5 Å². The highest BCUT2D eigenvalue weighted by molar-refractivity contribution is 5.96. The van der Waals surface area contributed by atoms with Crippen molar-refractivity contribution in [2.75, 3.05) is 0 Å². The number of carbonyl (C=O) groups excluding carboxylic acids is 2. The summed E-state index contributed by atoms with van der Waals surface area (Å²) in [7, 11) is 0. The molecule has 0 aliphatic heterocycles. The molecule has 0 spiro atoms. The average molecular weight is 334 g/mol. The van der Waals surface area contributed by atoms with E-state index in [0.717, 1.165) is 17.6 Å². The van der Waals surface area contributed by atoms with E-state index >= 15 is 0 Å². The maximum atomic E-state index is 12.1. The zero-order valence-electron chi connectivity index (χ0n) is 15.4. The fourth-order valence-electron chi connectivity index (χ4n) is 3.01. The Morgan fingerprint density at radius 3 is 2.58 bits per heavy atom. The van der Waals surface area contributed by atoms with Crippen molar-refractivity contribution >= 4 is 11.6 Å². The van der Waals surface area contributed by atoms with E-state index < -0.39 is 11.7 Å². The summed E-state index contributed by atoms with van der Waals surface area (Å²) in [4.78, 5) is 23.9. The molecule has 0 saturated heterocycles. The Morgan fingerprint density at radius 2 is 2.04 bits per heavy atom. The lowest BCUT2D eigenvalue weighted by atomic mass is 9.75. The first kappa shape index (κ1) is 20.5. The lowest BCUT2D eigenvalue weighted by molar-refractivity contribution is -0.128. The van der Waals surface area contributed by atoms with Gasteiger partial charge in [0, 0.05) is 0 Å². The molecule has 0 bridgehead atoms. The van der Waals surface area contributed by atoms with E-state index in [1.165, 1.54) is 6.08 Å². The number of aliphatic hydroxyl groups is 2. The molecule has 4 heteroatoms. The van der Waals surface area contributed by atoms with E-state index in [4.69, 9.17) is 0 Å². The van der Waals surface area contributed by atoms with Crippen LogP contribution in [0.4, 0.5) is 0 Å². The quantitative estimate of drug-likeness (QED) is 0.553. The second-order valence-corrected chi connectivity index (χ2v) is 7.35. The van der Waals surface area contributed by atoms with Crippen molar-refractivity contribution in [3.63, 3.8) is 0 Å². The molecule has 0 aromatic rings. The van der Waals surface area contributed by atoms with Gasteiger partial charge in [-0.05, 0) is 78.0 Å². The Balaban J connectivity index is 2.66. The second kappa shape index (κ2) is 8.54. The predicted molar refractivity (Wildman–Crippen MR) is 95.5 cm³/mol. The minimum Gasteiger partial charge on any atom is -0.389 e.